The molecule has 9 heteroatoms. The highest BCUT2D eigenvalue weighted by molar-refractivity contribution is 6.31. The van der Waals surface area contributed by atoms with E-state index in [1.807, 2.05) is 50.2 Å². The minimum atomic E-state index is -0.791. The predicted octanol–water partition coefficient (Wildman–Crippen LogP) is 6.74. The van der Waals surface area contributed by atoms with Crippen LogP contribution in [0.1, 0.15) is 43.0 Å². The van der Waals surface area contributed by atoms with Crippen LogP contribution in [-0.4, -0.2) is 36.1 Å². The molecule has 39 heavy (non-hydrogen) atoms. The zero-order valence-corrected chi connectivity index (χ0v) is 22.8. The Bertz CT molecular complexity index is 1410. The molecule has 0 saturated heterocycles. The van der Waals surface area contributed by atoms with Crippen LogP contribution in [-0.2, 0) is 9.53 Å². The molecule has 3 aromatic carbocycles. The molecule has 1 unspecified atom stereocenters. The van der Waals surface area contributed by atoms with E-state index < -0.39 is 18.0 Å². The number of carbonyl (C=O) groups is 3. The number of aryl methyl sites for hydroxylation is 1. The van der Waals surface area contributed by atoms with Gasteiger partial charge in [-0.25, -0.2) is 14.4 Å². The Labute approximate surface area is 233 Å². The molecule has 3 aromatic rings. The van der Waals surface area contributed by atoms with Gasteiger partial charge < -0.3 is 20.7 Å². The van der Waals surface area contributed by atoms with Crippen molar-refractivity contribution in [3.63, 3.8) is 0 Å². The number of ether oxygens (including phenoxy) is 1. The highest BCUT2D eigenvalue weighted by Crippen LogP contribution is 2.37. The number of nitrogens with zero attached hydrogens (tertiary/aromatic N) is 1. The summed E-state index contributed by atoms with van der Waals surface area (Å²) in [5.74, 6) is -0.519. The van der Waals surface area contributed by atoms with E-state index in [-0.39, 0.29) is 12.6 Å². The molecule has 3 N–H and O–H groups in total. The van der Waals surface area contributed by atoms with Crippen LogP contribution in [0.4, 0.5) is 21.0 Å². The molecule has 0 saturated carbocycles. The summed E-state index contributed by atoms with van der Waals surface area (Å²) >= 11 is 6.17. The van der Waals surface area contributed by atoms with Gasteiger partial charge >= 0.3 is 18.0 Å². The Hall–Kier alpha value is -4.30. The third kappa shape index (κ3) is 6.41. The van der Waals surface area contributed by atoms with Crippen molar-refractivity contribution in [1.82, 2.24) is 10.2 Å². The monoisotopic (exact) mass is 546 g/mol. The van der Waals surface area contributed by atoms with Gasteiger partial charge in [-0.3, -0.25) is 4.90 Å². The number of amides is 4. The van der Waals surface area contributed by atoms with E-state index in [0.717, 1.165) is 11.1 Å². The van der Waals surface area contributed by atoms with Gasteiger partial charge in [-0.15, -0.1) is 0 Å². The summed E-state index contributed by atoms with van der Waals surface area (Å²) in [5, 5.41) is 9.09. The highest BCUT2D eigenvalue weighted by Gasteiger charge is 2.38. The van der Waals surface area contributed by atoms with E-state index in [1.54, 1.807) is 48.2 Å². The number of nitrogens with one attached hydrogen (secondary N) is 3. The lowest BCUT2D eigenvalue weighted by atomic mass is 9.91. The summed E-state index contributed by atoms with van der Waals surface area (Å²) in [4.78, 5) is 41.0. The SMILES string of the molecule is CCCN1C(=O)NC(c2cccc(NC(=O)Nc3ccc(C)c(Cl)c3)c2)C(C(=O)OCC)=C1c1ccccc1. The van der Waals surface area contributed by atoms with Crippen LogP contribution in [0.2, 0.25) is 5.02 Å². The van der Waals surface area contributed by atoms with Crippen LogP contribution in [0.3, 0.4) is 0 Å². The number of halogens is 1. The van der Waals surface area contributed by atoms with Crippen molar-refractivity contribution in [1.29, 1.82) is 0 Å². The molecular formula is C30H31ClN4O4. The quantitative estimate of drug-likeness (QED) is 0.272. The van der Waals surface area contributed by atoms with Crippen LogP contribution >= 0.6 is 11.6 Å². The lowest BCUT2D eigenvalue weighted by molar-refractivity contribution is -0.138. The first-order valence-electron chi connectivity index (χ1n) is 12.8. The fourth-order valence-corrected chi connectivity index (χ4v) is 4.62. The van der Waals surface area contributed by atoms with E-state index in [0.29, 0.717) is 46.2 Å². The smallest absolute Gasteiger partial charge is 0.338 e. The number of anilines is 2. The minimum Gasteiger partial charge on any atom is -0.463 e. The summed E-state index contributed by atoms with van der Waals surface area (Å²) in [5.41, 5.74) is 4.13. The fraction of sp³-hybridized carbons (Fsp3) is 0.233. The zero-order chi connectivity index (χ0) is 27.9. The van der Waals surface area contributed by atoms with Crippen LogP contribution < -0.4 is 16.0 Å². The number of benzene rings is 3. The Morgan fingerprint density at radius 1 is 0.974 bits per heavy atom. The molecule has 0 radical (unpaired) electrons. The molecule has 8 nitrogen and oxygen atoms in total. The second-order valence-electron chi connectivity index (χ2n) is 9.05. The summed E-state index contributed by atoms with van der Waals surface area (Å²) in [6.07, 6.45) is 0.700. The summed E-state index contributed by atoms with van der Waals surface area (Å²) in [6.45, 7) is 6.20. The molecule has 4 amide bonds. The van der Waals surface area contributed by atoms with E-state index >= 15 is 0 Å². The molecule has 1 atom stereocenters. The predicted molar refractivity (Wildman–Crippen MR) is 154 cm³/mol. The number of urea groups is 2. The maximum absolute atomic E-state index is 13.4. The number of hydrogen-bond donors (Lipinski definition) is 3. The molecule has 0 bridgehead atoms. The molecule has 202 valence electrons. The van der Waals surface area contributed by atoms with Gasteiger partial charge in [0.25, 0.3) is 0 Å². The third-order valence-electron chi connectivity index (χ3n) is 6.22. The molecule has 4 rings (SSSR count). The highest BCUT2D eigenvalue weighted by atomic mass is 35.5. The van der Waals surface area contributed by atoms with Crippen molar-refractivity contribution in [3.8, 4) is 0 Å². The Morgan fingerprint density at radius 3 is 2.36 bits per heavy atom. The van der Waals surface area contributed by atoms with Gasteiger partial charge in [-0.2, -0.15) is 0 Å². The molecule has 1 aliphatic rings. The summed E-state index contributed by atoms with van der Waals surface area (Å²) in [7, 11) is 0. The van der Waals surface area contributed by atoms with Crippen molar-refractivity contribution in [2.45, 2.75) is 33.2 Å². The maximum atomic E-state index is 13.4. The first kappa shape index (κ1) is 27.7. The van der Waals surface area contributed by atoms with Gasteiger partial charge in [0.2, 0.25) is 0 Å². The summed E-state index contributed by atoms with van der Waals surface area (Å²) < 4.78 is 5.46. The van der Waals surface area contributed by atoms with Crippen LogP contribution in [0.5, 0.6) is 0 Å². The second-order valence-corrected chi connectivity index (χ2v) is 9.46. The van der Waals surface area contributed by atoms with Gasteiger partial charge in [0.1, 0.15) is 0 Å². The van der Waals surface area contributed by atoms with E-state index in [1.165, 1.54) is 0 Å². The zero-order valence-electron chi connectivity index (χ0n) is 22.1. The largest absolute Gasteiger partial charge is 0.463 e. The topological polar surface area (TPSA) is 99.8 Å². The minimum absolute atomic E-state index is 0.184. The average molecular weight is 547 g/mol. The third-order valence-corrected chi connectivity index (χ3v) is 6.63. The lowest BCUT2D eigenvalue weighted by Gasteiger charge is -2.37. The Kier molecular flexibility index (Phi) is 8.88. The Morgan fingerprint density at radius 2 is 1.69 bits per heavy atom. The number of esters is 1. The molecule has 0 fully saturated rings. The first-order valence-corrected chi connectivity index (χ1v) is 13.2. The lowest BCUT2D eigenvalue weighted by Crippen LogP contribution is -2.48. The van der Waals surface area contributed by atoms with E-state index in [2.05, 4.69) is 16.0 Å². The Balaban J connectivity index is 1.71. The molecule has 1 aliphatic heterocycles. The van der Waals surface area contributed by atoms with Gasteiger partial charge in [0.05, 0.1) is 23.9 Å². The van der Waals surface area contributed by atoms with Crippen molar-refractivity contribution < 1.29 is 19.1 Å². The summed E-state index contributed by atoms with van der Waals surface area (Å²) in [6, 6.07) is 20.0. The fourth-order valence-electron chi connectivity index (χ4n) is 4.43. The van der Waals surface area contributed by atoms with Gasteiger partial charge in [-0.1, -0.05) is 67.1 Å². The molecule has 0 spiro atoms. The molecule has 0 aromatic heterocycles. The first-order chi connectivity index (χ1) is 18.8. The van der Waals surface area contributed by atoms with Gasteiger partial charge in [0.15, 0.2) is 0 Å². The van der Waals surface area contributed by atoms with E-state index in [4.69, 9.17) is 16.3 Å². The van der Waals surface area contributed by atoms with Crippen LogP contribution in [0.15, 0.2) is 78.4 Å². The number of hydrogen-bond acceptors (Lipinski definition) is 4. The standard InChI is InChI=1S/C30H31ClN4O4/c1-4-16-35-27(20-10-7-6-8-11-20)25(28(36)39-5-2)26(34-30(35)38)21-12-9-13-22(17-21)32-29(37)33-23-15-14-19(3)24(31)18-23/h6-15,17-18,26H,4-5,16H2,1-3H3,(H,34,38)(H2,32,33,37). The van der Waals surface area contributed by atoms with E-state index in [9.17, 15) is 14.4 Å². The molecule has 1 heterocycles. The molecular weight excluding hydrogens is 516 g/mol. The second kappa shape index (κ2) is 12.5. The van der Waals surface area contributed by atoms with Crippen LogP contribution in [0.25, 0.3) is 5.70 Å². The van der Waals surface area contributed by atoms with Crippen molar-refractivity contribution in [2.24, 2.45) is 0 Å². The van der Waals surface area contributed by atoms with Crippen molar-refractivity contribution >= 4 is 46.7 Å². The van der Waals surface area contributed by atoms with Gasteiger partial charge in [0, 0.05) is 22.9 Å². The molecule has 0 aliphatic carbocycles. The van der Waals surface area contributed by atoms with Gasteiger partial charge in [-0.05, 0) is 61.2 Å². The maximum Gasteiger partial charge on any atom is 0.338 e. The number of rotatable bonds is 8. The van der Waals surface area contributed by atoms with Crippen molar-refractivity contribution in [3.05, 3.63) is 100 Å². The average Bonchev–Trinajstić information content (AvgIpc) is 2.92. The van der Waals surface area contributed by atoms with Crippen molar-refractivity contribution in [2.75, 3.05) is 23.8 Å². The normalized spacial score (nSPS) is 15.0. The van der Waals surface area contributed by atoms with Crippen LogP contribution in [0, 0.1) is 6.92 Å². The number of carbonyl (C=O) groups excluding carboxylic acids is 3.